The van der Waals surface area contributed by atoms with Crippen molar-refractivity contribution in [3.05, 3.63) is 29.8 Å². The van der Waals surface area contributed by atoms with Crippen molar-refractivity contribution in [1.82, 2.24) is 4.72 Å². The maximum atomic E-state index is 12.3. The molecule has 0 aliphatic carbocycles. The molecule has 6 nitrogen and oxygen atoms in total. The number of aliphatic carboxylic acids is 1. The zero-order valence-electron chi connectivity index (χ0n) is 12.0. The molecule has 1 aromatic rings. The Balaban J connectivity index is 2.27. The molecule has 2 N–H and O–H groups in total. The first-order valence-electron chi connectivity index (χ1n) is 6.72. The summed E-state index contributed by atoms with van der Waals surface area (Å²) in [5.41, 5.74) is -0.554. The third kappa shape index (κ3) is 3.25. The molecule has 0 bridgehead atoms. The number of hydrogen-bond donors (Lipinski definition) is 2. The second-order valence-corrected chi connectivity index (χ2v) is 7.20. The van der Waals surface area contributed by atoms with E-state index in [-0.39, 0.29) is 24.5 Å². The van der Waals surface area contributed by atoms with Crippen LogP contribution < -0.4 is 4.72 Å². The molecule has 1 fully saturated rings. The summed E-state index contributed by atoms with van der Waals surface area (Å²) in [4.78, 5) is 11.4. The zero-order chi connectivity index (χ0) is 15.7. The van der Waals surface area contributed by atoms with Crippen LogP contribution in [0.25, 0.3) is 0 Å². The van der Waals surface area contributed by atoms with Gasteiger partial charge >= 0.3 is 5.97 Å². The Kier molecular flexibility index (Phi) is 4.36. The average molecular weight is 313 g/mol. The molecule has 1 saturated heterocycles. The molecule has 1 aromatic carbocycles. The Bertz CT molecular complexity index is 615. The fraction of sp³-hybridized carbons (Fsp3) is 0.500. The standard InChI is InChI=1S/C14H19NO5S/c1-10(2)11-3-5-12(6-4-11)21(18,19)15-14(13(16)17)7-8-20-9-14/h3-6,10,15H,7-9H2,1-2H3,(H,16,17). The smallest absolute Gasteiger partial charge is 0.327 e. The van der Waals surface area contributed by atoms with Crippen LogP contribution in [0.5, 0.6) is 0 Å². The van der Waals surface area contributed by atoms with Gasteiger partial charge in [-0.15, -0.1) is 0 Å². The summed E-state index contributed by atoms with van der Waals surface area (Å²) in [5, 5.41) is 9.28. The molecule has 7 heteroatoms. The molecule has 116 valence electrons. The average Bonchev–Trinajstić information content (AvgIpc) is 2.88. The van der Waals surface area contributed by atoms with Gasteiger partial charge in [0.05, 0.1) is 11.5 Å². The summed E-state index contributed by atoms with van der Waals surface area (Å²) >= 11 is 0. The van der Waals surface area contributed by atoms with E-state index in [0.29, 0.717) is 5.92 Å². The first-order valence-corrected chi connectivity index (χ1v) is 8.20. The number of ether oxygens (including phenoxy) is 1. The predicted molar refractivity (Wildman–Crippen MR) is 76.7 cm³/mol. The summed E-state index contributed by atoms with van der Waals surface area (Å²) in [6.45, 7) is 4.08. The van der Waals surface area contributed by atoms with Gasteiger partial charge in [0.15, 0.2) is 5.54 Å². The molecule has 2 rings (SSSR count). The number of nitrogens with one attached hydrogen (secondary N) is 1. The molecular weight excluding hydrogens is 294 g/mol. The minimum absolute atomic E-state index is 0.0550. The number of carbonyl (C=O) groups is 1. The lowest BCUT2D eigenvalue weighted by atomic mass is 10.0. The molecule has 1 atom stereocenters. The number of hydrogen-bond acceptors (Lipinski definition) is 4. The monoisotopic (exact) mass is 313 g/mol. The number of rotatable bonds is 5. The minimum Gasteiger partial charge on any atom is -0.480 e. The highest BCUT2D eigenvalue weighted by Gasteiger charge is 2.46. The van der Waals surface area contributed by atoms with E-state index in [1.165, 1.54) is 12.1 Å². The SMILES string of the molecule is CC(C)c1ccc(S(=O)(=O)NC2(C(=O)O)CCOC2)cc1. The fourth-order valence-corrected chi connectivity index (χ4v) is 3.58. The Hall–Kier alpha value is -1.44. The third-order valence-electron chi connectivity index (χ3n) is 3.62. The maximum Gasteiger partial charge on any atom is 0.327 e. The second kappa shape index (κ2) is 5.75. The van der Waals surface area contributed by atoms with Crippen molar-refractivity contribution >= 4 is 16.0 Å². The molecule has 0 saturated carbocycles. The van der Waals surface area contributed by atoms with E-state index in [2.05, 4.69) is 4.72 Å². The number of carboxylic acid groups (broad SMARTS) is 1. The van der Waals surface area contributed by atoms with Gasteiger partial charge in [0.1, 0.15) is 0 Å². The van der Waals surface area contributed by atoms with Crippen molar-refractivity contribution in [2.24, 2.45) is 0 Å². The Morgan fingerprint density at radius 1 is 1.33 bits per heavy atom. The fourth-order valence-electron chi connectivity index (χ4n) is 2.21. The van der Waals surface area contributed by atoms with Crippen molar-refractivity contribution in [1.29, 1.82) is 0 Å². The Morgan fingerprint density at radius 2 is 1.95 bits per heavy atom. The first-order chi connectivity index (χ1) is 9.77. The van der Waals surface area contributed by atoms with Crippen LogP contribution in [-0.4, -0.2) is 38.2 Å². The summed E-state index contributed by atoms with van der Waals surface area (Å²) in [7, 11) is -3.90. The van der Waals surface area contributed by atoms with Crippen molar-refractivity contribution < 1.29 is 23.1 Å². The summed E-state index contributed by atoms with van der Waals surface area (Å²) in [5.74, 6) is -0.925. The highest BCUT2D eigenvalue weighted by atomic mass is 32.2. The molecule has 1 aliphatic heterocycles. The van der Waals surface area contributed by atoms with E-state index in [0.717, 1.165) is 5.56 Å². The quantitative estimate of drug-likeness (QED) is 0.855. The van der Waals surface area contributed by atoms with Crippen molar-refractivity contribution in [2.45, 2.75) is 36.6 Å². The second-order valence-electron chi connectivity index (χ2n) is 5.52. The molecule has 21 heavy (non-hydrogen) atoms. The van der Waals surface area contributed by atoms with Gasteiger partial charge in [0, 0.05) is 13.0 Å². The van der Waals surface area contributed by atoms with Gasteiger partial charge in [-0.3, -0.25) is 4.79 Å². The molecule has 0 amide bonds. The van der Waals surface area contributed by atoms with Crippen LogP contribution in [0.1, 0.15) is 31.7 Å². The van der Waals surface area contributed by atoms with Gasteiger partial charge in [-0.2, -0.15) is 4.72 Å². The predicted octanol–water partition coefficient (Wildman–Crippen LogP) is 1.33. The topological polar surface area (TPSA) is 92.7 Å². The minimum atomic E-state index is -3.90. The van der Waals surface area contributed by atoms with E-state index in [1.54, 1.807) is 12.1 Å². The van der Waals surface area contributed by atoms with E-state index < -0.39 is 21.5 Å². The van der Waals surface area contributed by atoms with Gasteiger partial charge in [0.2, 0.25) is 10.0 Å². The van der Waals surface area contributed by atoms with Gasteiger partial charge in [0.25, 0.3) is 0 Å². The van der Waals surface area contributed by atoms with Gasteiger partial charge in [-0.25, -0.2) is 8.42 Å². The first kappa shape index (κ1) is 15.9. The normalized spacial score (nSPS) is 22.6. The molecular formula is C14H19NO5S. The number of sulfonamides is 1. The van der Waals surface area contributed by atoms with Crippen LogP contribution in [-0.2, 0) is 19.6 Å². The number of carboxylic acids is 1. The van der Waals surface area contributed by atoms with Crippen LogP contribution >= 0.6 is 0 Å². The maximum absolute atomic E-state index is 12.3. The highest BCUT2D eigenvalue weighted by Crippen LogP contribution is 2.23. The van der Waals surface area contributed by atoms with E-state index in [1.807, 2.05) is 13.8 Å². The largest absolute Gasteiger partial charge is 0.480 e. The Morgan fingerprint density at radius 3 is 2.38 bits per heavy atom. The van der Waals surface area contributed by atoms with E-state index in [4.69, 9.17) is 4.74 Å². The van der Waals surface area contributed by atoms with Crippen molar-refractivity contribution in [3.63, 3.8) is 0 Å². The molecule has 0 aromatic heterocycles. The molecule has 1 unspecified atom stereocenters. The zero-order valence-corrected chi connectivity index (χ0v) is 12.8. The number of benzene rings is 1. The summed E-state index contributed by atoms with van der Waals surface area (Å²) in [6, 6.07) is 6.45. The van der Waals surface area contributed by atoms with Crippen LogP contribution in [0.4, 0.5) is 0 Å². The lowest BCUT2D eigenvalue weighted by molar-refractivity contribution is -0.144. The van der Waals surface area contributed by atoms with E-state index in [9.17, 15) is 18.3 Å². The van der Waals surface area contributed by atoms with Crippen LogP contribution in [0.15, 0.2) is 29.2 Å². The van der Waals surface area contributed by atoms with Crippen LogP contribution in [0.2, 0.25) is 0 Å². The lowest BCUT2D eigenvalue weighted by Gasteiger charge is -2.23. The third-order valence-corrected chi connectivity index (χ3v) is 5.17. The van der Waals surface area contributed by atoms with Crippen molar-refractivity contribution in [3.8, 4) is 0 Å². The molecule has 0 spiro atoms. The summed E-state index contributed by atoms with van der Waals surface area (Å²) in [6.07, 6.45) is 0.117. The van der Waals surface area contributed by atoms with Gasteiger partial charge in [-0.05, 0) is 23.6 Å². The van der Waals surface area contributed by atoms with Crippen LogP contribution in [0.3, 0.4) is 0 Å². The van der Waals surface area contributed by atoms with Gasteiger partial charge < -0.3 is 9.84 Å². The van der Waals surface area contributed by atoms with Crippen LogP contribution in [0, 0.1) is 0 Å². The lowest BCUT2D eigenvalue weighted by Crippen LogP contribution is -2.54. The molecule has 1 heterocycles. The summed E-state index contributed by atoms with van der Waals surface area (Å²) < 4.78 is 32.0. The molecule has 1 aliphatic rings. The van der Waals surface area contributed by atoms with E-state index >= 15 is 0 Å². The van der Waals surface area contributed by atoms with Crippen molar-refractivity contribution in [2.75, 3.05) is 13.2 Å². The Labute approximate surface area is 124 Å². The highest BCUT2D eigenvalue weighted by molar-refractivity contribution is 7.89. The molecule has 0 radical (unpaired) electrons. The van der Waals surface area contributed by atoms with Gasteiger partial charge in [-0.1, -0.05) is 26.0 Å².